The van der Waals surface area contributed by atoms with Gasteiger partial charge < -0.3 is 9.64 Å². The summed E-state index contributed by atoms with van der Waals surface area (Å²) >= 11 is 0. The number of nitrogens with one attached hydrogen (secondary N) is 1. The molecular weight excluding hydrogens is 338 g/mol. The van der Waals surface area contributed by atoms with Crippen molar-refractivity contribution < 1.29 is 13.2 Å². The maximum Gasteiger partial charge on any atom is 0.242 e. The predicted octanol–water partition coefficient (Wildman–Crippen LogP) is 1.87. The highest BCUT2D eigenvalue weighted by molar-refractivity contribution is 7.89. The molecule has 0 saturated carbocycles. The van der Waals surface area contributed by atoms with Crippen LogP contribution in [0.15, 0.2) is 41.4 Å². The molecule has 1 N–H and O–H groups in total. The smallest absolute Gasteiger partial charge is 0.242 e. The minimum Gasteiger partial charge on any atom is -0.383 e. The molecule has 1 aliphatic rings. The van der Waals surface area contributed by atoms with Gasteiger partial charge in [-0.2, -0.15) is 0 Å². The molecular formula is C18H25N3O3S. The Morgan fingerprint density at radius 1 is 1.24 bits per heavy atom. The molecule has 25 heavy (non-hydrogen) atoms. The number of ether oxygens (including phenoxy) is 1. The number of piperidine rings is 1. The van der Waals surface area contributed by atoms with Gasteiger partial charge in [0, 0.05) is 31.8 Å². The summed E-state index contributed by atoms with van der Waals surface area (Å²) in [6, 6.07) is 8.93. The molecule has 2 heterocycles. The Morgan fingerprint density at radius 3 is 2.76 bits per heavy atom. The molecule has 1 saturated heterocycles. The van der Waals surface area contributed by atoms with E-state index in [4.69, 9.17) is 4.74 Å². The lowest BCUT2D eigenvalue weighted by Crippen LogP contribution is -2.39. The molecule has 1 fully saturated rings. The van der Waals surface area contributed by atoms with Gasteiger partial charge in [0.2, 0.25) is 10.0 Å². The molecule has 3 rings (SSSR count). The summed E-state index contributed by atoms with van der Waals surface area (Å²) in [7, 11) is -1.85. The second-order valence-corrected chi connectivity index (χ2v) is 8.20. The molecule has 0 aliphatic carbocycles. The number of nitrogens with zero attached hydrogens (tertiary/aromatic N) is 2. The largest absolute Gasteiger partial charge is 0.383 e. The second kappa shape index (κ2) is 8.23. The van der Waals surface area contributed by atoms with E-state index in [1.54, 1.807) is 25.4 Å². The van der Waals surface area contributed by atoms with Crippen molar-refractivity contribution in [1.29, 1.82) is 0 Å². The average Bonchev–Trinajstić information content (AvgIpc) is 2.65. The van der Waals surface area contributed by atoms with E-state index >= 15 is 0 Å². The lowest BCUT2D eigenvalue weighted by molar-refractivity contribution is 0.121. The summed E-state index contributed by atoms with van der Waals surface area (Å²) in [6.07, 6.45) is 3.62. The highest BCUT2D eigenvalue weighted by Crippen LogP contribution is 2.21. The predicted molar refractivity (Wildman–Crippen MR) is 98.0 cm³/mol. The Morgan fingerprint density at radius 2 is 2.00 bits per heavy atom. The van der Waals surface area contributed by atoms with Gasteiger partial charge in [-0.05, 0) is 44.0 Å². The number of methoxy groups -OCH3 is 1. The van der Waals surface area contributed by atoms with Crippen molar-refractivity contribution in [3.05, 3.63) is 36.5 Å². The minimum absolute atomic E-state index is 0.253. The van der Waals surface area contributed by atoms with Crippen LogP contribution >= 0.6 is 0 Å². The van der Waals surface area contributed by atoms with Gasteiger partial charge in [-0.25, -0.2) is 13.1 Å². The molecule has 6 nitrogen and oxygen atoms in total. The molecule has 7 heteroatoms. The van der Waals surface area contributed by atoms with Crippen molar-refractivity contribution in [1.82, 2.24) is 14.6 Å². The summed E-state index contributed by atoms with van der Waals surface area (Å²) < 4.78 is 33.3. The number of para-hydroxylation sites is 1. The lowest BCUT2D eigenvalue weighted by atomic mass is 9.97. The fraction of sp³-hybridized carbons (Fsp3) is 0.500. The van der Waals surface area contributed by atoms with Crippen LogP contribution in [-0.4, -0.2) is 58.2 Å². The first-order chi connectivity index (χ1) is 12.1. The van der Waals surface area contributed by atoms with Crippen molar-refractivity contribution >= 4 is 20.9 Å². The number of rotatable bonds is 7. The van der Waals surface area contributed by atoms with Crippen LogP contribution in [-0.2, 0) is 14.8 Å². The number of likely N-dealkylation sites (tertiary alicyclic amines) is 1. The molecule has 0 bridgehead atoms. The number of pyridine rings is 1. The van der Waals surface area contributed by atoms with Gasteiger partial charge in [-0.3, -0.25) is 4.98 Å². The summed E-state index contributed by atoms with van der Waals surface area (Å²) in [5.74, 6) is 0.372. The lowest BCUT2D eigenvalue weighted by Gasteiger charge is -2.31. The van der Waals surface area contributed by atoms with E-state index in [0.29, 0.717) is 18.0 Å². The van der Waals surface area contributed by atoms with E-state index in [1.807, 2.05) is 18.2 Å². The highest BCUT2D eigenvalue weighted by Gasteiger charge is 2.23. The van der Waals surface area contributed by atoms with Crippen LogP contribution in [0.5, 0.6) is 0 Å². The first-order valence-electron chi connectivity index (χ1n) is 8.65. The number of sulfonamides is 1. The van der Waals surface area contributed by atoms with Gasteiger partial charge >= 0.3 is 0 Å². The van der Waals surface area contributed by atoms with Gasteiger partial charge in [0.25, 0.3) is 0 Å². The van der Waals surface area contributed by atoms with Crippen LogP contribution in [0.25, 0.3) is 10.9 Å². The Labute approximate surface area is 149 Å². The zero-order valence-corrected chi connectivity index (χ0v) is 15.3. The number of hydrogen-bond acceptors (Lipinski definition) is 5. The third kappa shape index (κ3) is 4.55. The van der Waals surface area contributed by atoms with Crippen LogP contribution in [0.3, 0.4) is 0 Å². The van der Waals surface area contributed by atoms with Crippen molar-refractivity contribution in [2.24, 2.45) is 5.92 Å². The molecule has 1 aliphatic heterocycles. The summed E-state index contributed by atoms with van der Waals surface area (Å²) in [4.78, 5) is 6.86. The fourth-order valence-electron chi connectivity index (χ4n) is 3.23. The van der Waals surface area contributed by atoms with Gasteiger partial charge in [0.1, 0.15) is 4.90 Å². The van der Waals surface area contributed by atoms with Crippen molar-refractivity contribution in [2.45, 2.75) is 17.7 Å². The Kier molecular flexibility index (Phi) is 6.01. The third-order valence-corrected chi connectivity index (χ3v) is 6.22. The monoisotopic (exact) mass is 363 g/mol. The molecule has 136 valence electrons. The zero-order chi connectivity index (χ0) is 17.7. The zero-order valence-electron chi connectivity index (χ0n) is 14.5. The topological polar surface area (TPSA) is 71.5 Å². The standard InChI is InChI=1S/C18H25N3O3S/c1-24-13-12-21-10-7-15(8-11-21)14-20-25(22,23)17-6-2-4-16-5-3-9-19-18(16)17/h2-6,9,15,20H,7-8,10-14H2,1H3. The number of hydrogen-bond donors (Lipinski definition) is 1. The van der Waals surface area contributed by atoms with Gasteiger partial charge in [-0.1, -0.05) is 18.2 Å². The summed E-state index contributed by atoms with van der Waals surface area (Å²) in [5.41, 5.74) is 0.520. The molecule has 0 spiro atoms. The van der Waals surface area contributed by atoms with Gasteiger partial charge in [0.15, 0.2) is 0 Å². The van der Waals surface area contributed by atoms with E-state index in [9.17, 15) is 8.42 Å². The van der Waals surface area contributed by atoms with Gasteiger partial charge in [0.05, 0.1) is 12.1 Å². The van der Waals surface area contributed by atoms with Crippen LogP contribution in [0.2, 0.25) is 0 Å². The van der Waals surface area contributed by atoms with E-state index in [2.05, 4.69) is 14.6 Å². The third-order valence-electron chi connectivity index (χ3n) is 4.77. The summed E-state index contributed by atoms with van der Waals surface area (Å²) in [5, 5.41) is 0.830. The molecule has 0 radical (unpaired) electrons. The fourth-order valence-corrected chi connectivity index (χ4v) is 4.53. The van der Waals surface area contributed by atoms with E-state index in [0.717, 1.165) is 44.5 Å². The first-order valence-corrected chi connectivity index (χ1v) is 10.1. The minimum atomic E-state index is -3.56. The normalized spacial score (nSPS) is 17.2. The second-order valence-electron chi connectivity index (χ2n) is 6.46. The van der Waals surface area contributed by atoms with Crippen LogP contribution in [0, 0.1) is 5.92 Å². The Bertz CT molecular complexity index is 797. The van der Waals surface area contributed by atoms with Crippen molar-refractivity contribution in [2.75, 3.05) is 39.9 Å². The van der Waals surface area contributed by atoms with E-state index in [1.165, 1.54) is 0 Å². The molecule has 1 aromatic carbocycles. The SMILES string of the molecule is COCCN1CCC(CNS(=O)(=O)c2cccc3cccnc23)CC1. The number of aromatic nitrogens is 1. The summed E-state index contributed by atoms with van der Waals surface area (Å²) in [6.45, 7) is 4.14. The molecule has 1 aromatic heterocycles. The Hall–Kier alpha value is -1.54. The molecule has 0 amide bonds. The van der Waals surface area contributed by atoms with E-state index in [-0.39, 0.29) is 4.90 Å². The van der Waals surface area contributed by atoms with Crippen LogP contribution < -0.4 is 4.72 Å². The van der Waals surface area contributed by atoms with Crippen molar-refractivity contribution in [3.63, 3.8) is 0 Å². The average molecular weight is 363 g/mol. The van der Waals surface area contributed by atoms with Crippen LogP contribution in [0.1, 0.15) is 12.8 Å². The highest BCUT2D eigenvalue weighted by atomic mass is 32.2. The maximum absolute atomic E-state index is 12.7. The molecule has 0 unspecified atom stereocenters. The van der Waals surface area contributed by atoms with Crippen molar-refractivity contribution in [3.8, 4) is 0 Å². The van der Waals surface area contributed by atoms with Crippen LogP contribution in [0.4, 0.5) is 0 Å². The van der Waals surface area contributed by atoms with Gasteiger partial charge in [-0.15, -0.1) is 0 Å². The first kappa shape index (κ1) is 18.3. The Balaban J connectivity index is 1.61. The van der Waals surface area contributed by atoms with E-state index < -0.39 is 10.0 Å². The molecule has 0 atom stereocenters. The quantitative estimate of drug-likeness (QED) is 0.813. The molecule has 2 aromatic rings. The number of fused-ring (bicyclic) bond motifs is 1. The number of benzene rings is 1. The maximum atomic E-state index is 12.7.